The Morgan fingerprint density at radius 3 is 2.48 bits per heavy atom. The summed E-state index contributed by atoms with van der Waals surface area (Å²) >= 11 is 0. The smallest absolute Gasteiger partial charge is 0.254 e. The van der Waals surface area contributed by atoms with Gasteiger partial charge in [0.2, 0.25) is 11.8 Å². The van der Waals surface area contributed by atoms with E-state index in [9.17, 15) is 14.4 Å². The molecule has 0 aliphatic carbocycles. The number of aromatic nitrogens is 6. The number of carbonyl (C=O) groups is 3. The lowest BCUT2D eigenvalue weighted by Crippen LogP contribution is -2.50. The van der Waals surface area contributed by atoms with Gasteiger partial charge >= 0.3 is 0 Å². The van der Waals surface area contributed by atoms with Gasteiger partial charge in [0.15, 0.2) is 5.65 Å². The van der Waals surface area contributed by atoms with Crippen LogP contribution in [0.1, 0.15) is 71.7 Å². The molecule has 4 aromatic rings. The van der Waals surface area contributed by atoms with Crippen molar-refractivity contribution in [2.45, 2.75) is 72.5 Å². The summed E-state index contributed by atoms with van der Waals surface area (Å²) < 4.78 is 3.48. The number of amides is 3. The standard InChI is InChI=1S/C32H41N9O3/c1-19(2)28-30-34-22(5)38-41(30)16-15-40(32(44)24-17-20(3)33-29-27(24)21(4)37-39(29)6)14-10-13-26(42)35-25(31(43)36-28)18-23-11-8-7-9-12-23/h7-9,11-12,17,19,25,28H,10,13-16,18H2,1-6H3,(H,35,42)(H,36,43)/t25-,28+/m0/s1. The van der Waals surface area contributed by atoms with Crippen LogP contribution in [0.15, 0.2) is 36.4 Å². The molecule has 2 N–H and O–H groups in total. The number of carbonyl (C=O) groups excluding carboxylic acids is 3. The molecule has 0 fully saturated rings. The maximum atomic E-state index is 14.2. The third-order valence-corrected chi connectivity index (χ3v) is 8.01. The van der Waals surface area contributed by atoms with Gasteiger partial charge < -0.3 is 15.5 Å². The fourth-order valence-electron chi connectivity index (χ4n) is 5.84. The molecule has 0 unspecified atom stereocenters. The SMILES string of the molecule is Cc1cc(C(=O)N2CCCC(=O)N[C@@H](Cc3ccccc3)C(=O)N[C@H](C(C)C)c3nc(C)nn3CC2)c2c(C)nn(C)c2n1. The zero-order valence-electron chi connectivity index (χ0n) is 26.3. The summed E-state index contributed by atoms with van der Waals surface area (Å²) in [4.78, 5) is 52.2. The lowest BCUT2D eigenvalue weighted by Gasteiger charge is -2.28. The van der Waals surface area contributed by atoms with Gasteiger partial charge in [0, 0.05) is 38.7 Å². The number of hydrogen-bond donors (Lipinski definition) is 2. The average Bonchev–Trinajstić information content (AvgIpc) is 3.49. The second kappa shape index (κ2) is 12.9. The van der Waals surface area contributed by atoms with Crippen LogP contribution >= 0.6 is 0 Å². The minimum Gasteiger partial charge on any atom is -0.344 e. The van der Waals surface area contributed by atoms with Crippen molar-refractivity contribution in [3.8, 4) is 0 Å². The Hall–Kier alpha value is -4.61. The van der Waals surface area contributed by atoms with E-state index in [1.165, 1.54) is 0 Å². The summed E-state index contributed by atoms with van der Waals surface area (Å²) in [7, 11) is 1.82. The molecule has 0 bridgehead atoms. The molecule has 3 amide bonds. The van der Waals surface area contributed by atoms with Gasteiger partial charge in [-0.2, -0.15) is 10.2 Å². The maximum Gasteiger partial charge on any atom is 0.254 e. The van der Waals surface area contributed by atoms with E-state index in [4.69, 9.17) is 4.98 Å². The highest BCUT2D eigenvalue weighted by atomic mass is 16.2. The number of rotatable bonds is 4. The fourth-order valence-corrected chi connectivity index (χ4v) is 5.84. The summed E-state index contributed by atoms with van der Waals surface area (Å²) in [6.07, 6.45) is 0.941. The van der Waals surface area contributed by atoms with Gasteiger partial charge in [0.05, 0.1) is 29.2 Å². The molecule has 3 aromatic heterocycles. The predicted molar refractivity (Wildman–Crippen MR) is 166 cm³/mol. The first kappa shape index (κ1) is 30.8. The average molecular weight is 600 g/mol. The van der Waals surface area contributed by atoms with E-state index in [0.717, 1.165) is 22.3 Å². The van der Waals surface area contributed by atoms with Gasteiger partial charge in [-0.05, 0) is 44.7 Å². The van der Waals surface area contributed by atoms with Gasteiger partial charge in [0.1, 0.15) is 17.7 Å². The highest BCUT2D eigenvalue weighted by Gasteiger charge is 2.30. The summed E-state index contributed by atoms with van der Waals surface area (Å²) in [5.41, 5.74) is 3.58. The summed E-state index contributed by atoms with van der Waals surface area (Å²) in [6, 6.07) is 10.2. The van der Waals surface area contributed by atoms with Crippen LogP contribution in [-0.2, 0) is 29.6 Å². The lowest BCUT2D eigenvalue weighted by atomic mass is 10.0. The van der Waals surface area contributed by atoms with Crippen LogP contribution in [0.2, 0.25) is 0 Å². The number of pyridine rings is 1. The Morgan fingerprint density at radius 1 is 1.00 bits per heavy atom. The molecule has 0 radical (unpaired) electrons. The Morgan fingerprint density at radius 2 is 1.75 bits per heavy atom. The van der Waals surface area contributed by atoms with Crippen molar-refractivity contribution >= 4 is 28.8 Å². The highest BCUT2D eigenvalue weighted by molar-refractivity contribution is 6.06. The predicted octanol–water partition coefficient (Wildman–Crippen LogP) is 2.96. The zero-order chi connectivity index (χ0) is 31.5. The van der Waals surface area contributed by atoms with E-state index in [-0.39, 0.29) is 30.1 Å². The van der Waals surface area contributed by atoms with Crippen molar-refractivity contribution in [3.05, 3.63) is 70.6 Å². The van der Waals surface area contributed by atoms with E-state index in [0.29, 0.717) is 55.3 Å². The van der Waals surface area contributed by atoms with Crippen LogP contribution in [-0.4, -0.2) is 71.3 Å². The Balaban J connectivity index is 1.50. The van der Waals surface area contributed by atoms with Crippen LogP contribution in [0, 0.1) is 26.7 Å². The van der Waals surface area contributed by atoms with Crippen molar-refractivity contribution in [2.24, 2.45) is 13.0 Å². The van der Waals surface area contributed by atoms with E-state index in [2.05, 4.69) is 25.8 Å². The van der Waals surface area contributed by atoms with Gasteiger partial charge in [0.25, 0.3) is 5.91 Å². The number of aryl methyl sites for hydroxylation is 4. The van der Waals surface area contributed by atoms with Gasteiger partial charge in [-0.25, -0.2) is 14.6 Å². The first-order valence-corrected chi connectivity index (χ1v) is 15.2. The Labute approximate surface area is 257 Å². The number of nitrogens with zero attached hydrogens (tertiary/aromatic N) is 7. The molecular weight excluding hydrogens is 558 g/mol. The molecule has 1 aliphatic rings. The highest BCUT2D eigenvalue weighted by Crippen LogP contribution is 2.25. The van der Waals surface area contributed by atoms with E-state index in [1.54, 1.807) is 20.3 Å². The van der Waals surface area contributed by atoms with Crippen molar-refractivity contribution in [1.29, 1.82) is 0 Å². The topological polar surface area (TPSA) is 140 Å². The van der Waals surface area contributed by atoms with Crippen LogP contribution < -0.4 is 10.6 Å². The molecule has 232 valence electrons. The van der Waals surface area contributed by atoms with Crippen molar-refractivity contribution in [1.82, 2.24) is 45.1 Å². The van der Waals surface area contributed by atoms with Gasteiger partial charge in [-0.15, -0.1) is 0 Å². The molecule has 12 heteroatoms. The maximum absolute atomic E-state index is 14.2. The fraction of sp³-hybridized carbons (Fsp3) is 0.469. The second-order valence-corrected chi connectivity index (χ2v) is 11.9. The largest absolute Gasteiger partial charge is 0.344 e. The number of nitrogens with one attached hydrogen (secondary N) is 2. The van der Waals surface area contributed by atoms with Crippen molar-refractivity contribution in [2.75, 3.05) is 13.1 Å². The molecular formula is C32H41N9O3. The van der Waals surface area contributed by atoms with Crippen molar-refractivity contribution in [3.63, 3.8) is 0 Å². The summed E-state index contributed by atoms with van der Waals surface area (Å²) in [5, 5.41) is 16.0. The van der Waals surface area contributed by atoms with Gasteiger partial charge in [-0.1, -0.05) is 44.2 Å². The monoisotopic (exact) mass is 599 g/mol. The molecule has 4 heterocycles. The summed E-state index contributed by atoms with van der Waals surface area (Å²) in [5.74, 6) is 0.514. The molecule has 5 rings (SSSR count). The minimum atomic E-state index is -0.772. The first-order valence-electron chi connectivity index (χ1n) is 15.2. The van der Waals surface area contributed by atoms with Gasteiger partial charge in [-0.3, -0.25) is 19.1 Å². The second-order valence-electron chi connectivity index (χ2n) is 11.9. The Bertz CT molecular complexity index is 1680. The number of hydrogen-bond acceptors (Lipinski definition) is 7. The molecule has 12 nitrogen and oxygen atoms in total. The molecule has 44 heavy (non-hydrogen) atoms. The molecule has 0 saturated heterocycles. The van der Waals surface area contributed by atoms with E-state index < -0.39 is 12.1 Å². The number of benzene rings is 1. The number of fused-ring (bicyclic) bond motifs is 2. The molecule has 1 aliphatic heterocycles. The van der Waals surface area contributed by atoms with E-state index in [1.807, 2.05) is 72.0 Å². The van der Waals surface area contributed by atoms with E-state index >= 15 is 0 Å². The first-order chi connectivity index (χ1) is 21.0. The normalized spacial score (nSPS) is 18.6. The summed E-state index contributed by atoms with van der Waals surface area (Å²) in [6.45, 7) is 10.6. The quantitative estimate of drug-likeness (QED) is 0.368. The molecule has 0 saturated carbocycles. The molecule has 0 spiro atoms. The minimum absolute atomic E-state index is 0.0124. The third-order valence-electron chi connectivity index (χ3n) is 8.01. The third kappa shape index (κ3) is 6.63. The van der Waals surface area contributed by atoms with Crippen LogP contribution in [0.4, 0.5) is 0 Å². The van der Waals surface area contributed by atoms with Crippen LogP contribution in [0.5, 0.6) is 0 Å². The molecule has 2 atom stereocenters. The van der Waals surface area contributed by atoms with Crippen molar-refractivity contribution < 1.29 is 14.4 Å². The Kier molecular flexibility index (Phi) is 9.07. The lowest BCUT2D eigenvalue weighted by molar-refractivity contribution is -0.129. The zero-order valence-corrected chi connectivity index (χ0v) is 26.3. The van der Waals surface area contributed by atoms with Crippen LogP contribution in [0.25, 0.3) is 11.0 Å². The van der Waals surface area contributed by atoms with Crippen LogP contribution in [0.3, 0.4) is 0 Å². The molecule has 1 aromatic carbocycles.